The molecule has 0 spiro atoms. The van der Waals surface area contributed by atoms with Crippen molar-refractivity contribution in [2.24, 2.45) is 0 Å². The summed E-state index contributed by atoms with van der Waals surface area (Å²) in [6.45, 7) is 1.69. The smallest absolute Gasteiger partial charge is 0.0634 e. The number of alkyl halides is 1. The number of rotatable bonds is 5. The molecule has 0 aliphatic rings. The summed E-state index contributed by atoms with van der Waals surface area (Å²) in [6, 6.07) is 1.91. The van der Waals surface area contributed by atoms with Gasteiger partial charge in [-0.3, -0.25) is 4.98 Å². The van der Waals surface area contributed by atoms with Crippen LogP contribution in [0.5, 0.6) is 0 Å². The monoisotopic (exact) mass is 218 g/mol. The van der Waals surface area contributed by atoms with Gasteiger partial charge in [-0.25, -0.2) is 0 Å². The van der Waals surface area contributed by atoms with Gasteiger partial charge >= 0.3 is 0 Å². The maximum absolute atomic E-state index is 5.91. The Labute approximate surface area is 88.3 Å². The van der Waals surface area contributed by atoms with E-state index >= 15 is 0 Å². The summed E-state index contributed by atoms with van der Waals surface area (Å²) in [6.07, 6.45) is 4.37. The summed E-state index contributed by atoms with van der Waals surface area (Å²) in [5.41, 5.74) is 1.08. The van der Waals surface area contributed by atoms with Crippen molar-refractivity contribution in [2.75, 3.05) is 12.4 Å². The molecular weight excluding hydrogens is 207 g/mol. The van der Waals surface area contributed by atoms with E-state index in [4.69, 9.17) is 23.2 Å². The van der Waals surface area contributed by atoms with Crippen LogP contribution in [-0.2, 0) is 6.54 Å². The molecule has 13 heavy (non-hydrogen) atoms. The van der Waals surface area contributed by atoms with Gasteiger partial charge in [0.25, 0.3) is 0 Å². The van der Waals surface area contributed by atoms with Gasteiger partial charge in [0.15, 0.2) is 0 Å². The molecule has 4 heteroatoms. The Balaban J connectivity index is 2.32. The van der Waals surface area contributed by atoms with Crippen molar-refractivity contribution in [3.8, 4) is 0 Å². The van der Waals surface area contributed by atoms with Crippen LogP contribution in [0.15, 0.2) is 18.5 Å². The average molecular weight is 219 g/mol. The predicted octanol–water partition coefficient (Wildman–Crippen LogP) is 2.45. The molecule has 72 valence electrons. The fraction of sp³-hybridized carbons (Fsp3) is 0.444. The highest BCUT2D eigenvalue weighted by Crippen LogP contribution is 2.12. The molecule has 1 aromatic rings. The van der Waals surface area contributed by atoms with Crippen molar-refractivity contribution in [3.05, 3.63) is 29.0 Å². The number of halogens is 2. The van der Waals surface area contributed by atoms with E-state index in [-0.39, 0.29) is 0 Å². The van der Waals surface area contributed by atoms with Crippen molar-refractivity contribution < 1.29 is 0 Å². The third kappa shape index (κ3) is 3.94. The predicted molar refractivity (Wildman–Crippen MR) is 56.3 cm³/mol. The fourth-order valence-corrected chi connectivity index (χ4v) is 1.28. The van der Waals surface area contributed by atoms with Crippen molar-refractivity contribution in [1.29, 1.82) is 0 Å². The molecule has 1 aromatic heterocycles. The van der Waals surface area contributed by atoms with E-state index in [2.05, 4.69) is 10.3 Å². The summed E-state index contributed by atoms with van der Waals surface area (Å²) in [5.74, 6) is 0.692. The van der Waals surface area contributed by atoms with Gasteiger partial charge in [-0.1, -0.05) is 11.6 Å². The van der Waals surface area contributed by atoms with E-state index in [1.165, 1.54) is 0 Å². The second-order valence-electron chi connectivity index (χ2n) is 2.69. The summed E-state index contributed by atoms with van der Waals surface area (Å²) in [4.78, 5) is 3.91. The Morgan fingerprint density at radius 1 is 1.46 bits per heavy atom. The summed E-state index contributed by atoms with van der Waals surface area (Å²) < 4.78 is 0. The van der Waals surface area contributed by atoms with Crippen LogP contribution >= 0.6 is 23.2 Å². The van der Waals surface area contributed by atoms with Crippen LogP contribution in [0, 0.1) is 0 Å². The minimum Gasteiger partial charge on any atom is -0.313 e. The molecule has 0 saturated carbocycles. The SMILES string of the molecule is ClCCCNCc1ccncc1Cl. The van der Waals surface area contributed by atoms with Crippen LogP contribution in [0.1, 0.15) is 12.0 Å². The fourth-order valence-electron chi connectivity index (χ4n) is 0.962. The number of nitrogens with one attached hydrogen (secondary N) is 1. The molecular formula is C9H12Cl2N2. The topological polar surface area (TPSA) is 24.9 Å². The molecule has 0 saturated heterocycles. The lowest BCUT2D eigenvalue weighted by Gasteiger charge is -2.04. The lowest BCUT2D eigenvalue weighted by Crippen LogP contribution is -2.15. The quantitative estimate of drug-likeness (QED) is 0.607. The molecule has 0 amide bonds. The first-order valence-electron chi connectivity index (χ1n) is 4.19. The lowest BCUT2D eigenvalue weighted by molar-refractivity contribution is 0.677. The zero-order valence-corrected chi connectivity index (χ0v) is 8.78. The number of aromatic nitrogens is 1. The van der Waals surface area contributed by atoms with E-state index in [1.807, 2.05) is 6.07 Å². The minimum atomic E-state index is 0.692. The van der Waals surface area contributed by atoms with Gasteiger partial charge in [0, 0.05) is 24.8 Å². The maximum Gasteiger partial charge on any atom is 0.0634 e. The molecule has 0 aromatic carbocycles. The second-order valence-corrected chi connectivity index (χ2v) is 3.47. The largest absolute Gasteiger partial charge is 0.313 e. The van der Waals surface area contributed by atoms with Crippen molar-refractivity contribution in [2.45, 2.75) is 13.0 Å². The Hall–Kier alpha value is -0.310. The second kappa shape index (κ2) is 6.19. The molecule has 0 aliphatic carbocycles. The van der Waals surface area contributed by atoms with Crippen LogP contribution in [-0.4, -0.2) is 17.4 Å². The van der Waals surface area contributed by atoms with Gasteiger partial charge in [-0.15, -0.1) is 11.6 Å². The number of hydrogen-bond donors (Lipinski definition) is 1. The number of nitrogens with zero attached hydrogens (tertiary/aromatic N) is 1. The summed E-state index contributed by atoms with van der Waals surface area (Å²) in [5, 5.41) is 3.96. The van der Waals surface area contributed by atoms with Gasteiger partial charge < -0.3 is 5.32 Å². The molecule has 0 bridgehead atoms. The molecule has 1 N–H and O–H groups in total. The highest BCUT2D eigenvalue weighted by molar-refractivity contribution is 6.31. The number of pyridine rings is 1. The average Bonchev–Trinajstić information content (AvgIpc) is 2.15. The van der Waals surface area contributed by atoms with Gasteiger partial charge in [0.05, 0.1) is 5.02 Å². The molecule has 2 nitrogen and oxygen atoms in total. The molecule has 0 aliphatic heterocycles. The first kappa shape index (κ1) is 10.8. The van der Waals surface area contributed by atoms with E-state index < -0.39 is 0 Å². The zero-order chi connectivity index (χ0) is 9.52. The van der Waals surface area contributed by atoms with E-state index in [1.54, 1.807) is 12.4 Å². The first-order chi connectivity index (χ1) is 6.34. The van der Waals surface area contributed by atoms with Crippen LogP contribution < -0.4 is 5.32 Å². The molecule has 0 unspecified atom stereocenters. The standard InChI is InChI=1S/C9H12Cl2N2/c10-3-1-4-12-6-8-2-5-13-7-9(8)11/h2,5,7,12H,1,3-4,6H2. The zero-order valence-electron chi connectivity index (χ0n) is 7.26. The summed E-state index contributed by atoms with van der Waals surface area (Å²) >= 11 is 11.4. The molecule has 1 rings (SSSR count). The van der Waals surface area contributed by atoms with Crippen LogP contribution in [0.4, 0.5) is 0 Å². The van der Waals surface area contributed by atoms with Gasteiger partial charge in [0.1, 0.15) is 0 Å². The number of hydrogen-bond acceptors (Lipinski definition) is 2. The Morgan fingerprint density at radius 2 is 2.31 bits per heavy atom. The van der Waals surface area contributed by atoms with E-state index in [9.17, 15) is 0 Å². The lowest BCUT2D eigenvalue weighted by atomic mass is 10.2. The third-order valence-corrected chi connectivity index (χ3v) is 2.27. The van der Waals surface area contributed by atoms with Crippen molar-refractivity contribution in [3.63, 3.8) is 0 Å². The Morgan fingerprint density at radius 3 is 3.00 bits per heavy atom. The minimum absolute atomic E-state index is 0.692. The van der Waals surface area contributed by atoms with Crippen molar-refractivity contribution in [1.82, 2.24) is 10.3 Å². The van der Waals surface area contributed by atoms with Crippen LogP contribution in [0.25, 0.3) is 0 Å². The van der Waals surface area contributed by atoms with Gasteiger partial charge in [-0.05, 0) is 24.6 Å². The summed E-state index contributed by atoms with van der Waals surface area (Å²) in [7, 11) is 0. The Kier molecular flexibility index (Phi) is 5.13. The third-order valence-electron chi connectivity index (χ3n) is 1.66. The van der Waals surface area contributed by atoms with Gasteiger partial charge in [0.2, 0.25) is 0 Å². The highest BCUT2D eigenvalue weighted by atomic mass is 35.5. The maximum atomic E-state index is 5.91. The van der Waals surface area contributed by atoms with Crippen LogP contribution in [0.3, 0.4) is 0 Å². The molecule has 0 atom stereocenters. The molecule has 0 fully saturated rings. The normalized spacial score (nSPS) is 10.3. The van der Waals surface area contributed by atoms with Gasteiger partial charge in [-0.2, -0.15) is 0 Å². The molecule has 0 radical (unpaired) electrons. The molecule has 1 heterocycles. The van der Waals surface area contributed by atoms with Crippen LogP contribution in [0.2, 0.25) is 5.02 Å². The highest BCUT2D eigenvalue weighted by Gasteiger charge is 1.97. The Bertz CT molecular complexity index is 253. The van der Waals surface area contributed by atoms with E-state index in [0.29, 0.717) is 10.9 Å². The van der Waals surface area contributed by atoms with Crippen molar-refractivity contribution >= 4 is 23.2 Å². The first-order valence-corrected chi connectivity index (χ1v) is 5.11. The van der Waals surface area contributed by atoms with E-state index in [0.717, 1.165) is 25.1 Å².